The lowest BCUT2D eigenvalue weighted by molar-refractivity contribution is 0.474. The average molecular weight is 281 g/mol. The minimum Gasteiger partial charge on any atom is -0.457 e. The van der Waals surface area contributed by atoms with Crippen molar-refractivity contribution >= 4 is 11.6 Å². The second-order valence-corrected chi connectivity index (χ2v) is 4.35. The van der Waals surface area contributed by atoms with Gasteiger partial charge in [-0.15, -0.1) is 0 Å². The van der Waals surface area contributed by atoms with Crippen LogP contribution in [0.2, 0.25) is 5.02 Å². The Morgan fingerprint density at radius 2 is 2.05 bits per heavy atom. The Kier molecular flexibility index (Phi) is 4.71. The van der Waals surface area contributed by atoms with E-state index in [2.05, 4.69) is 10.3 Å². The van der Waals surface area contributed by atoms with Crippen molar-refractivity contribution in [3.63, 3.8) is 0 Å². The van der Waals surface area contributed by atoms with Crippen LogP contribution in [0.5, 0.6) is 11.5 Å². The summed E-state index contributed by atoms with van der Waals surface area (Å²) < 4.78 is 18.9. The molecule has 0 amide bonds. The molecule has 0 radical (unpaired) electrons. The van der Waals surface area contributed by atoms with Crippen molar-refractivity contribution in [1.29, 1.82) is 0 Å². The molecular formula is C14H14ClFN2O. The molecule has 0 aliphatic heterocycles. The minimum absolute atomic E-state index is 0.0786. The summed E-state index contributed by atoms with van der Waals surface area (Å²) in [5.74, 6) is 0.522. The van der Waals surface area contributed by atoms with Crippen LogP contribution in [0.25, 0.3) is 0 Å². The van der Waals surface area contributed by atoms with E-state index in [0.29, 0.717) is 18.0 Å². The molecule has 3 nitrogen and oxygen atoms in total. The second-order valence-electron chi connectivity index (χ2n) is 3.94. The van der Waals surface area contributed by atoms with Crippen LogP contribution in [-0.4, -0.2) is 11.5 Å². The number of nitrogens with zero attached hydrogens (tertiary/aromatic N) is 1. The van der Waals surface area contributed by atoms with Gasteiger partial charge in [0.05, 0.1) is 10.7 Å². The van der Waals surface area contributed by atoms with E-state index in [1.165, 1.54) is 12.1 Å². The molecule has 1 aromatic carbocycles. The summed E-state index contributed by atoms with van der Waals surface area (Å²) in [6.07, 6.45) is 1.66. The smallest absolute Gasteiger partial charge is 0.145 e. The van der Waals surface area contributed by atoms with Crippen LogP contribution in [0.1, 0.15) is 12.6 Å². The fraction of sp³-hybridized carbons (Fsp3) is 0.214. The lowest BCUT2D eigenvalue weighted by Gasteiger charge is -2.08. The second kappa shape index (κ2) is 6.50. The first-order valence-electron chi connectivity index (χ1n) is 5.97. The van der Waals surface area contributed by atoms with Gasteiger partial charge in [-0.1, -0.05) is 18.5 Å². The van der Waals surface area contributed by atoms with Crippen molar-refractivity contribution < 1.29 is 9.13 Å². The maximum atomic E-state index is 13.3. The van der Waals surface area contributed by atoms with E-state index in [1.807, 2.05) is 13.0 Å². The number of nitrogens with one attached hydrogen (secondary N) is 1. The first kappa shape index (κ1) is 13.8. The van der Waals surface area contributed by atoms with Gasteiger partial charge in [-0.05, 0) is 24.7 Å². The summed E-state index contributed by atoms with van der Waals surface area (Å²) in [4.78, 5) is 4.21. The maximum Gasteiger partial charge on any atom is 0.145 e. The fourth-order valence-electron chi connectivity index (χ4n) is 1.55. The van der Waals surface area contributed by atoms with Crippen molar-refractivity contribution in [3.05, 3.63) is 53.1 Å². The Hall–Kier alpha value is -1.65. The number of halogens is 2. The Balaban J connectivity index is 2.11. The van der Waals surface area contributed by atoms with Crippen LogP contribution >= 0.6 is 11.6 Å². The highest BCUT2D eigenvalue weighted by atomic mass is 35.5. The van der Waals surface area contributed by atoms with Gasteiger partial charge in [-0.3, -0.25) is 4.98 Å². The Bertz CT molecular complexity index is 563. The van der Waals surface area contributed by atoms with Crippen LogP contribution < -0.4 is 10.1 Å². The summed E-state index contributed by atoms with van der Waals surface area (Å²) in [6, 6.07) is 7.88. The molecule has 0 fully saturated rings. The first-order valence-corrected chi connectivity index (χ1v) is 6.35. The van der Waals surface area contributed by atoms with E-state index in [1.54, 1.807) is 18.3 Å². The van der Waals surface area contributed by atoms with Crippen molar-refractivity contribution in [1.82, 2.24) is 10.3 Å². The summed E-state index contributed by atoms with van der Waals surface area (Å²) in [7, 11) is 0. The molecule has 0 aliphatic rings. The largest absolute Gasteiger partial charge is 0.457 e. The van der Waals surface area contributed by atoms with Crippen LogP contribution in [0, 0.1) is 5.82 Å². The Labute approximate surface area is 116 Å². The topological polar surface area (TPSA) is 34.1 Å². The number of benzene rings is 1. The van der Waals surface area contributed by atoms with Crippen LogP contribution in [-0.2, 0) is 6.54 Å². The van der Waals surface area contributed by atoms with E-state index in [-0.39, 0.29) is 5.02 Å². The van der Waals surface area contributed by atoms with E-state index >= 15 is 0 Å². The molecule has 0 saturated heterocycles. The Morgan fingerprint density at radius 3 is 2.79 bits per heavy atom. The third-order valence-electron chi connectivity index (χ3n) is 2.47. The highest BCUT2D eigenvalue weighted by Gasteiger charge is 2.04. The quantitative estimate of drug-likeness (QED) is 0.905. The molecular weight excluding hydrogens is 267 g/mol. The highest BCUT2D eigenvalue weighted by molar-refractivity contribution is 6.30. The van der Waals surface area contributed by atoms with Gasteiger partial charge < -0.3 is 10.1 Å². The van der Waals surface area contributed by atoms with E-state index < -0.39 is 5.82 Å². The molecule has 0 unspecified atom stereocenters. The van der Waals surface area contributed by atoms with Crippen molar-refractivity contribution in [2.75, 3.05) is 6.54 Å². The fourth-order valence-corrected chi connectivity index (χ4v) is 1.66. The molecule has 19 heavy (non-hydrogen) atoms. The molecule has 1 N–H and O–H groups in total. The molecule has 0 saturated carbocycles. The third kappa shape index (κ3) is 3.91. The van der Waals surface area contributed by atoms with Gasteiger partial charge in [0.1, 0.15) is 17.3 Å². The predicted molar refractivity (Wildman–Crippen MR) is 73.1 cm³/mol. The predicted octanol–water partition coefficient (Wildman–Crippen LogP) is 3.78. The monoisotopic (exact) mass is 280 g/mol. The number of rotatable bonds is 5. The van der Waals surface area contributed by atoms with Crippen LogP contribution in [0.3, 0.4) is 0 Å². The zero-order chi connectivity index (χ0) is 13.7. The molecule has 1 aromatic heterocycles. The van der Waals surface area contributed by atoms with E-state index in [0.717, 1.165) is 12.2 Å². The van der Waals surface area contributed by atoms with Crippen LogP contribution in [0.4, 0.5) is 4.39 Å². The maximum absolute atomic E-state index is 13.3. The Morgan fingerprint density at radius 1 is 1.26 bits per heavy atom. The third-order valence-corrected chi connectivity index (χ3v) is 2.78. The number of pyridine rings is 1. The van der Waals surface area contributed by atoms with E-state index in [9.17, 15) is 4.39 Å². The molecule has 2 aromatic rings. The number of ether oxygens (including phenoxy) is 1. The van der Waals surface area contributed by atoms with Gasteiger partial charge in [0, 0.05) is 24.9 Å². The minimum atomic E-state index is -0.499. The standard InChI is InChI=1S/C14H14ClFN2O/c1-2-17-9-10-7-12(5-6-18-10)19-11-3-4-13(15)14(16)8-11/h3-8,17H,2,9H2,1H3. The van der Waals surface area contributed by atoms with Gasteiger partial charge in [0.2, 0.25) is 0 Å². The zero-order valence-corrected chi connectivity index (χ0v) is 11.2. The lowest BCUT2D eigenvalue weighted by atomic mass is 10.3. The van der Waals surface area contributed by atoms with E-state index in [4.69, 9.17) is 16.3 Å². The van der Waals surface area contributed by atoms with Crippen molar-refractivity contribution in [3.8, 4) is 11.5 Å². The van der Waals surface area contributed by atoms with Gasteiger partial charge in [0.25, 0.3) is 0 Å². The molecule has 0 atom stereocenters. The van der Waals surface area contributed by atoms with Crippen molar-refractivity contribution in [2.24, 2.45) is 0 Å². The van der Waals surface area contributed by atoms with Gasteiger partial charge in [-0.25, -0.2) is 4.39 Å². The van der Waals surface area contributed by atoms with Gasteiger partial charge in [-0.2, -0.15) is 0 Å². The van der Waals surface area contributed by atoms with Crippen LogP contribution in [0.15, 0.2) is 36.5 Å². The normalized spacial score (nSPS) is 10.5. The summed E-state index contributed by atoms with van der Waals surface area (Å²) in [5, 5.41) is 3.26. The molecule has 0 aliphatic carbocycles. The lowest BCUT2D eigenvalue weighted by Crippen LogP contribution is -2.12. The molecule has 0 spiro atoms. The summed E-state index contributed by atoms with van der Waals surface area (Å²) in [5.41, 5.74) is 0.869. The molecule has 2 rings (SSSR count). The highest BCUT2D eigenvalue weighted by Crippen LogP contribution is 2.25. The van der Waals surface area contributed by atoms with Gasteiger partial charge in [0.15, 0.2) is 0 Å². The zero-order valence-electron chi connectivity index (χ0n) is 10.5. The number of aromatic nitrogens is 1. The van der Waals surface area contributed by atoms with Gasteiger partial charge >= 0.3 is 0 Å². The first-order chi connectivity index (χ1) is 9.19. The molecule has 5 heteroatoms. The summed E-state index contributed by atoms with van der Waals surface area (Å²) >= 11 is 5.62. The molecule has 0 bridgehead atoms. The molecule has 100 valence electrons. The SMILES string of the molecule is CCNCc1cc(Oc2ccc(Cl)c(F)c2)ccn1. The van der Waals surface area contributed by atoms with Crippen molar-refractivity contribution in [2.45, 2.75) is 13.5 Å². The average Bonchev–Trinajstić information content (AvgIpc) is 2.41. The number of hydrogen-bond acceptors (Lipinski definition) is 3. The summed E-state index contributed by atoms with van der Waals surface area (Å²) in [6.45, 7) is 3.56. The molecule has 1 heterocycles. The number of hydrogen-bond donors (Lipinski definition) is 1.